The van der Waals surface area contributed by atoms with Crippen molar-refractivity contribution in [3.8, 4) is 11.5 Å². The number of hydrogen-bond donors (Lipinski definition) is 0. The lowest BCUT2D eigenvalue weighted by molar-refractivity contribution is -0.0403. The third-order valence-electron chi connectivity index (χ3n) is 5.55. The van der Waals surface area contributed by atoms with Gasteiger partial charge in [-0.05, 0) is 48.2 Å². The Morgan fingerprint density at radius 1 is 1.04 bits per heavy atom. The molecule has 0 aromatic heterocycles. The predicted molar refractivity (Wildman–Crippen MR) is 98.9 cm³/mol. The molecule has 4 rings (SSSR count). The van der Waals surface area contributed by atoms with E-state index in [1.165, 1.54) is 12.5 Å². The van der Waals surface area contributed by atoms with Crippen LogP contribution in [0, 0.1) is 5.82 Å². The van der Waals surface area contributed by atoms with E-state index >= 15 is 0 Å². The first kappa shape index (κ1) is 17.6. The van der Waals surface area contributed by atoms with Gasteiger partial charge in [0.1, 0.15) is 11.9 Å². The molecule has 138 valence electrons. The summed E-state index contributed by atoms with van der Waals surface area (Å²) < 4.78 is 32.1. The third kappa shape index (κ3) is 2.85. The summed E-state index contributed by atoms with van der Waals surface area (Å²) in [5, 5.41) is 0.380. The molecule has 1 fully saturated rings. The Balaban J connectivity index is 1.92. The van der Waals surface area contributed by atoms with Gasteiger partial charge in [-0.1, -0.05) is 30.5 Å². The van der Waals surface area contributed by atoms with Gasteiger partial charge in [-0.15, -0.1) is 0 Å². The minimum Gasteiger partial charge on any atom is -0.493 e. The SMILES string of the molecule is COc1cc2c(cc1OC)C1CCCCC1OC2c1c(F)cccc1Cl. The molecule has 0 N–H and O–H groups in total. The maximum atomic E-state index is 14.7. The monoisotopic (exact) mass is 376 g/mol. The Kier molecular flexibility index (Phi) is 4.80. The van der Waals surface area contributed by atoms with Crippen molar-refractivity contribution in [3.63, 3.8) is 0 Å². The maximum Gasteiger partial charge on any atom is 0.161 e. The van der Waals surface area contributed by atoms with Crippen LogP contribution >= 0.6 is 11.6 Å². The molecule has 0 spiro atoms. The zero-order chi connectivity index (χ0) is 18.3. The normalized spacial score (nSPS) is 24.5. The Bertz CT molecular complexity index is 803. The predicted octanol–water partition coefficient (Wildman–Crippen LogP) is 5.64. The second-order valence-corrected chi connectivity index (χ2v) is 7.32. The lowest BCUT2D eigenvalue weighted by Crippen LogP contribution is -2.34. The van der Waals surface area contributed by atoms with Crippen LogP contribution < -0.4 is 9.47 Å². The average molecular weight is 377 g/mol. The average Bonchev–Trinajstić information content (AvgIpc) is 2.66. The van der Waals surface area contributed by atoms with Crippen molar-refractivity contribution < 1.29 is 18.6 Å². The number of fused-ring (bicyclic) bond motifs is 3. The quantitative estimate of drug-likeness (QED) is 0.693. The highest BCUT2D eigenvalue weighted by Crippen LogP contribution is 2.50. The highest BCUT2D eigenvalue weighted by atomic mass is 35.5. The Hall–Kier alpha value is -1.78. The molecule has 1 saturated carbocycles. The molecule has 26 heavy (non-hydrogen) atoms. The molecule has 0 saturated heterocycles. The number of benzene rings is 2. The molecule has 3 unspecified atom stereocenters. The van der Waals surface area contributed by atoms with Crippen LogP contribution in [0.4, 0.5) is 4.39 Å². The molecule has 5 heteroatoms. The number of hydrogen-bond acceptors (Lipinski definition) is 3. The lowest BCUT2D eigenvalue weighted by atomic mass is 9.75. The van der Waals surface area contributed by atoms with Gasteiger partial charge in [0.15, 0.2) is 11.5 Å². The Labute approximate surface area is 158 Å². The molecule has 1 aliphatic carbocycles. The summed E-state index contributed by atoms with van der Waals surface area (Å²) in [4.78, 5) is 0. The topological polar surface area (TPSA) is 27.7 Å². The van der Waals surface area contributed by atoms with Gasteiger partial charge in [-0.25, -0.2) is 4.39 Å². The van der Waals surface area contributed by atoms with E-state index in [0.29, 0.717) is 28.0 Å². The molecule has 1 heterocycles. The summed E-state index contributed by atoms with van der Waals surface area (Å²) in [6, 6.07) is 8.69. The van der Waals surface area contributed by atoms with Gasteiger partial charge in [0.25, 0.3) is 0 Å². The van der Waals surface area contributed by atoms with Crippen LogP contribution in [0.2, 0.25) is 5.02 Å². The van der Waals surface area contributed by atoms with E-state index in [-0.39, 0.29) is 11.9 Å². The highest BCUT2D eigenvalue weighted by molar-refractivity contribution is 6.31. The Morgan fingerprint density at radius 2 is 1.73 bits per heavy atom. The van der Waals surface area contributed by atoms with Crippen LogP contribution in [0.25, 0.3) is 0 Å². The number of halogens is 2. The van der Waals surface area contributed by atoms with E-state index in [0.717, 1.165) is 30.4 Å². The first-order chi connectivity index (χ1) is 12.6. The summed E-state index contributed by atoms with van der Waals surface area (Å²) in [5.41, 5.74) is 2.47. The van der Waals surface area contributed by atoms with E-state index in [1.807, 2.05) is 12.1 Å². The molecule has 2 aliphatic rings. The van der Waals surface area contributed by atoms with Gasteiger partial charge < -0.3 is 14.2 Å². The molecule has 0 amide bonds. The van der Waals surface area contributed by atoms with Crippen molar-refractivity contribution in [2.75, 3.05) is 14.2 Å². The highest BCUT2D eigenvalue weighted by Gasteiger charge is 2.40. The van der Waals surface area contributed by atoms with Gasteiger partial charge in [-0.3, -0.25) is 0 Å². The summed E-state index contributed by atoms with van der Waals surface area (Å²) in [6.07, 6.45) is 3.85. The molecule has 0 bridgehead atoms. The minimum absolute atomic E-state index is 0.0648. The second kappa shape index (κ2) is 7.09. The van der Waals surface area contributed by atoms with Gasteiger partial charge >= 0.3 is 0 Å². The molecule has 3 atom stereocenters. The lowest BCUT2D eigenvalue weighted by Gasteiger charge is -2.41. The number of ether oxygens (including phenoxy) is 3. The van der Waals surface area contributed by atoms with Crippen molar-refractivity contribution in [1.82, 2.24) is 0 Å². The molecular weight excluding hydrogens is 355 g/mol. The summed E-state index contributed by atoms with van der Waals surface area (Å²) in [6.45, 7) is 0. The summed E-state index contributed by atoms with van der Waals surface area (Å²) in [7, 11) is 3.23. The smallest absolute Gasteiger partial charge is 0.161 e. The van der Waals surface area contributed by atoms with Crippen LogP contribution in [-0.4, -0.2) is 20.3 Å². The van der Waals surface area contributed by atoms with Crippen LogP contribution in [0.15, 0.2) is 30.3 Å². The fraction of sp³-hybridized carbons (Fsp3) is 0.429. The number of methoxy groups -OCH3 is 2. The van der Waals surface area contributed by atoms with Crippen LogP contribution in [-0.2, 0) is 4.74 Å². The van der Waals surface area contributed by atoms with Crippen LogP contribution in [0.5, 0.6) is 11.5 Å². The standard InChI is InChI=1S/C21H22ClFO3/c1-24-18-10-13-12-6-3-4-9-17(12)26-21(14(13)11-19(18)25-2)20-15(22)7-5-8-16(20)23/h5,7-8,10-12,17,21H,3-4,6,9H2,1-2H3. The van der Waals surface area contributed by atoms with E-state index in [1.54, 1.807) is 26.4 Å². The van der Waals surface area contributed by atoms with Crippen molar-refractivity contribution in [2.24, 2.45) is 0 Å². The first-order valence-corrected chi connectivity index (χ1v) is 9.37. The Morgan fingerprint density at radius 3 is 2.42 bits per heavy atom. The fourth-order valence-corrected chi connectivity index (χ4v) is 4.57. The zero-order valence-corrected chi connectivity index (χ0v) is 15.7. The zero-order valence-electron chi connectivity index (χ0n) is 14.9. The molecule has 2 aromatic rings. The van der Waals surface area contributed by atoms with E-state index in [4.69, 9.17) is 25.8 Å². The van der Waals surface area contributed by atoms with Gasteiger partial charge in [-0.2, -0.15) is 0 Å². The molecule has 3 nitrogen and oxygen atoms in total. The molecule has 1 aliphatic heterocycles. The van der Waals surface area contributed by atoms with E-state index in [2.05, 4.69) is 0 Å². The van der Waals surface area contributed by atoms with Crippen molar-refractivity contribution in [2.45, 2.75) is 43.8 Å². The van der Waals surface area contributed by atoms with Crippen molar-refractivity contribution in [1.29, 1.82) is 0 Å². The molecule has 2 aromatic carbocycles. The maximum absolute atomic E-state index is 14.7. The second-order valence-electron chi connectivity index (χ2n) is 6.92. The van der Waals surface area contributed by atoms with Crippen molar-refractivity contribution >= 4 is 11.6 Å². The third-order valence-corrected chi connectivity index (χ3v) is 5.88. The van der Waals surface area contributed by atoms with Gasteiger partial charge in [0, 0.05) is 16.5 Å². The van der Waals surface area contributed by atoms with Gasteiger partial charge in [0.05, 0.1) is 20.3 Å². The number of rotatable bonds is 3. The van der Waals surface area contributed by atoms with E-state index in [9.17, 15) is 4.39 Å². The summed E-state index contributed by atoms with van der Waals surface area (Å²) in [5.74, 6) is 1.25. The molecular formula is C21H22ClFO3. The first-order valence-electron chi connectivity index (χ1n) is 8.99. The van der Waals surface area contributed by atoms with Gasteiger partial charge in [0.2, 0.25) is 0 Å². The van der Waals surface area contributed by atoms with Crippen molar-refractivity contribution in [3.05, 3.63) is 57.9 Å². The van der Waals surface area contributed by atoms with Crippen LogP contribution in [0.3, 0.4) is 0 Å². The minimum atomic E-state index is -0.544. The largest absolute Gasteiger partial charge is 0.493 e. The molecule has 0 radical (unpaired) electrons. The summed E-state index contributed by atoms with van der Waals surface area (Å²) >= 11 is 6.36. The van der Waals surface area contributed by atoms with Crippen LogP contribution in [0.1, 0.15) is 54.4 Å². The fourth-order valence-electron chi connectivity index (χ4n) is 4.31. The van der Waals surface area contributed by atoms with E-state index < -0.39 is 6.10 Å².